The van der Waals surface area contributed by atoms with Crippen LogP contribution < -0.4 is 16.4 Å². The number of hydrogen-bond acceptors (Lipinski definition) is 7. The number of pyridine rings is 1. The van der Waals surface area contributed by atoms with E-state index in [2.05, 4.69) is 26.8 Å². The maximum Gasteiger partial charge on any atom is 0.164 e. The Kier molecular flexibility index (Phi) is 3.81. The topological polar surface area (TPSA) is 103 Å². The van der Waals surface area contributed by atoms with Gasteiger partial charge < -0.3 is 21.1 Å². The summed E-state index contributed by atoms with van der Waals surface area (Å²) < 4.78 is 5.47. The predicted molar refractivity (Wildman–Crippen MR) is 86.5 cm³/mol. The van der Waals surface area contributed by atoms with E-state index in [1.807, 2.05) is 13.0 Å². The second kappa shape index (κ2) is 5.76. The molecule has 0 saturated carbocycles. The van der Waals surface area contributed by atoms with Gasteiger partial charge in [0.1, 0.15) is 17.5 Å². The van der Waals surface area contributed by atoms with E-state index in [1.165, 1.54) is 0 Å². The van der Waals surface area contributed by atoms with E-state index in [0.717, 1.165) is 23.6 Å². The zero-order chi connectivity index (χ0) is 15.7. The number of ether oxygens (including phenoxy) is 1. The van der Waals surface area contributed by atoms with Crippen LogP contribution in [0.2, 0.25) is 0 Å². The molecule has 1 atom stereocenters. The first-order valence-corrected chi connectivity index (χ1v) is 7.26. The van der Waals surface area contributed by atoms with Crippen LogP contribution in [0.4, 0.5) is 17.5 Å². The van der Waals surface area contributed by atoms with Gasteiger partial charge in [-0.25, -0.2) is 15.0 Å². The number of rotatable bonds is 2. The number of morpholine rings is 1. The lowest BCUT2D eigenvalue weighted by molar-refractivity contribution is 0.0985. The molecular weight excluding hydrogens is 280 g/mol. The Balaban J connectivity index is 2.02. The molecule has 0 radical (unpaired) electrons. The van der Waals surface area contributed by atoms with Crippen LogP contribution in [0, 0.1) is 6.92 Å². The van der Waals surface area contributed by atoms with Crippen molar-refractivity contribution in [3.63, 3.8) is 0 Å². The minimum absolute atomic E-state index is 0.250. The molecule has 1 aliphatic heterocycles. The largest absolute Gasteiger partial charge is 0.384 e. The van der Waals surface area contributed by atoms with E-state index >= 15 is 0 Å². The molecule has 3 heterocycles. The lowest BCUT2D eigenvalue weighted by atomic mass is 10.2. The van der Waals surface area contributed by atoms with Gasteiger partial charge in [-0.2, -0.15) is 0 Å². The lowest BCUT2D eigenvalue weighted by Crippen LogP contribution is -2.44. The first-order valence-electron chi connectivity index (χ1n) is 7.26. The molecule has 2 aromatic heterocycles. The fourth-order valence-corrected chi connectivity index (χ4v) is 2.62. The van der Waals surface area contributed by atoms with Crippen molar-refractivity contribution >= 4 is 17.5 Å². The average Bonchev–Trinajstić information content (AvgIpc) is 2.46. The lowest BCUT2D eigenvalue weighted by Gasteiger charge is -2.34. The number of aromatic nitrogens is 3. The van der Waals surface area contributed by atoms with Crippen molar-refractivity contribution in [1.29, 1.82) is 0 Å². The van der Waals surface area contributed by atoms with Crippen molar-refractivity contribution < 1.29 is 4.74 Å². The van der Waals surface area contributed by atoms with Crippen LogP contribution in [0.1, 0.15) is 12.6 Å². The molecule has 116 valence electrons. The summed E-state index contributed by atoms with van der Waals surface area (Å²) in [5.41, 5.74) is 13.4. The molecule has 2 aromatic rings. The van der Waals surface area contributed by atoms with Crippen LogP contribution in [-0.2, 0) is 4.74 Å². The van der Waals surface area contributed by atoms with E-state index < -0.39 is 0 Å². The molecule has 22 heavy (non-hydrogen) atoms. The Labute approximate surface area is 129 Å². The van der Waals surface area contributed by atoms with Gasteiger partial charge in [-0.05, 0) is 26.0 Å². The summed E-state index contributed by atoms with van der Waals surface area (Å²) in [6, 6.07) is 5.70. The highest BCUT2D eigenvalue weighted by Gasteiger charge is 2.21. The molecule has 0 bridgehead atoms. The molecule has 0 amide bonds. The van der Waals surface area contributed by atoms with Crippen LogP contribution in [0.3, 0.4) is 0 Å². The summed E-state index contributed by atoms with van der Waals surface area (Å²) in [4.78, 5) is 15.3. The van der Waals surface area contributed by atoms with Gasteiger partial charge >= 0.3 is 0 Å². The standard InChI is InChI=1S/C15H20N6O/c1-9-5-11(6-12(16)18-9)15-19-13(17)7-14(20-15)21-3-4-22-8-10(21)2/h5-7,10H,3-4,8H2,1-2H3,(H2,16,18)(H2,17,19,20). The quantitative estimate of drug-likeness (QED) is 0.859. The molecule has 1 fully saturated rings. The maximum absolute atomic E-state index is 5.97. The summed E-state index contributed by atoms with van der Waals surface area (Å²) in [7, 11) is 0. The Morgan fingerprint density at radius 3 is 2.64 bits per heavy atom. The van der Waals surface area contributed by atoms with Gasteiger partial charge in [0.2, 0.25) is 0 Å². The summed E-state index contributed by atoms with van der Waals surface area (Å²) in [5, 5.41) is 0. The van der Waals surface area contributed by atoms with Gasteiger partial charge in [-0.1, -0.05) is 0 Å². The van der Waals surface area contributed by atoms with Crippen LogP contribution in [0.15, 0.2) is 18.2 Å². The van der Waals surface area contributed by atoms with Gasteiger partial charge in [0.15, 0.2) is 5.82 Å². The molecule has 0 spiro atoms. The van der Waals surface area contributed by atoms with Crippen LogP contribution in [-0.4, -0.2) is 40.8 Å². The van der Waals surface area contributed by atoms with Gasteiger partial charge in [0.05, 0.1) is 19.3 Å². The van der Waals surface area contributed by atoms with Gasteiger partial charge in [-0.3, -0.25) is 0 Å². The summed E-state index contributed by atoms with van der Waals surface area (Å²) >= 11 is 0. The molecular formula is C15H20N6O. The van der Waals surface area contributed by atoms with Crippen LogP contribution >= 0.6 is 0 Å². The van der Waals surface area contributed by atoms with Crippen molar-refractivity contribution in [3.05, 3.63) is 23.9 Å². The number of nitrogens with two attached hydrogens (primary N) is 2. The SMILES string of the molecule is Cc1cc(-c2nc(N)cc(N3CCOCC3C)n2)cc(N)n1. The predicted octanol–water partition coefficient (Wildman–Crippen LogP) is 1.24. The second-order valence-corrected chi connectivity index (χ2v) is 5.51. The first kappa shape index (κ1) is 14.5. The zero-order valence-corrected chi connectivity index (χ0v) is 12.8. The monoisotopic (exact) mass is 300 g/mol. The Morgan fingerprint density at radius 2 is 1.91 bits per heavy atom. The van der Waals surface area contributed by atoms with Gasteiger partial charge in [0.25, 0.3) is 0 Å². The normalized spacial score (nSPS) is 18.5. The molecule has 0 aliphatic carbocycles. The molecule has 1 unspecified atom stereocenters. The highest BCUT2D eigenvalue weighted by Crippen LogP contribution is 2.25. The fraction of sp³-hybridized carbons (Fsp3) is 0.400. The zero-order valence-electron chi connectivity index (χ0n) is 12.8. The first-order chi connectivity index (χ1) is 10.5. The van der Waals surface area contributed by atoms with E-state index in [-0.39, 0.29) is 6.04 Å². The summed E-state index contributed by atoms with van der Waals surface area (Å²) in [6.45, 7) is 6.14. The van der Waals surface area contributed by atoms with Crippen molar-refractivity contribution in [2.75, 3.05) is 36.1 Å². The van der Waals surface area contributed by atoms with Gasteiger partial charge in [-0.15, -0.1) is 0 Å². The maximum atomic E-state index is 5.97. The van der Waals surface area contributed by atoms with Crippen molar-refractivity contribution in [2.45, 2.75) is 19.9 Å². The number of hydrogen-bond donors (Lipinski definition) is 2. The molecule has 1 saturated heterocycles. The number of anilines is 3. The van der Waals surface area contributed by atoms with Crippen molar-refractivity contribution in [2.24, 2.45) is 0 Å². The van der Waals surface area contributed by atoms with E-state index in [9.17, 15) is 0 Å². The fourth-order valence-electron chi connectivity index (χ4n) is 2.62. The van der Waals surface area contributed by atoms with Crippen molar-refractivity contribution in [3.8, 4) is 11.4 Å². The minimum atomic E-state index is 0.250. The average molecular weight is 300 g/mol. The van der Waals surface area contributed by atoms with Crippen LogP contribution in [0.25, 0.3) is 11.4 Å². The Morgan fingerprint density at radius 1 is 1.14 bits per heavy atom. The third kappa shape index (κ3) is 2.94. The Hall–Kier alpha value is -2.41. The molecule has 3 rings (SSSR count). The highest BCUT2D eigenvalue weighted by molar-refractivity contribution is 5.64. The second-order valence-electron chi connectivity index (χ2n) is 5.51. The number of nitrogens with zero attached hydrogens (tertiary/aromatic N) is 4. The number of aryl methyl sites for hydroxylation is 1. The third-order valence-electron chi connectivity index (χ3n) is 3.63. The highest BCUT2D eigenvalue weighted by atomic mass is 16.5. The Bertz CT molecular complexity index is 669. The molecule has 4 N–H and O–H groups in total. The van der Waals surface area contributed by atoms with Gasteiger partial charge in [0, 0.05) is 23.9 Å². The molecule has 7 heteroatoms. The number of nitrogen functional groups attached to an aromatic ring is 2. The smallest absolute Gasteiger partial charge is 0.164 e. The molecule has 7 nitrogen and oxygen atoms in total. The molecule has 0 aromatic carbocycles. The summed E-state index contributed by atoms with van der Waals surface area (Å²) in [6.07, 6.45) is 0. The van der Waals surface area contributed by atoms with E-state index in [4.69, 9.17) is 16.2 Å². The molecule has 1 aliphatic rings. The third-order valence-corrected chi connectivity index (χ3v) is 3.63. The minimum Gasteiger partial charge on any atom is -0.384 e. The van der Waals surface area contributed by atoms with Crippen LogP contribution in [0.5, 0.6) is 0 Å². The van der Waals surface area contributed by atoms with E-state index in [0.29, 0.717) is 30.7 Å². The van der Waals surface area contributed by atoms with E-state index in [1.54, 1.807) is 12.1 Å². The van der Waals surface area contributed by atoms with Crippen molar-refractivity contribution in [1.82, 2.24) is 15.0 Å². The summed E-state index contributed by atoms with van der Waals surface area (Å²) in [5.74, 6) is 2.26.